The van der Waals surface area contributed by atoms with E-state index in [1.54, 1.807) is 31.2 Å². The van der Waals surface area contributed by atoms with E-state index in [0.29, 0.717) is 11.1 Å². The van der Waals surface area contributed by atoms with E-state index >= 15 is 0 Å². The predicted molar refractivity (Wildman–Crippen MR) is 81.0 cm³/mol. The zero-order valence-electron chi connectivity index (χ0n) is 13.4. The van der Waals surface area contributed by atoms with Crippen LogP contribution in [-0.2, 0) is 27.3 Å². The average Bonchev–Trinajstić information content (AvgIpc) is 3.13. The summed E-state index contributed by atoms with van der Waals surface area (Å²) in [5, 5.41) is 12.2. The second-order valence-corrected chi connectivity index (χ2v) is 5.07. The molecule has 25 heavy (non-hydrogen) atoms. The Morgan fingerprint density at radius 3 is 2.48 bits per heavy atom. The van der Waals surface area contributed by atoms with Crippen LogP contribution < -0.4 is 0 Å². The van der Waals surface area contributed by atoms with Gasteiger partial charge in [0, 0.05) is 0 Å². The van der Waals surface area contributed by atoms with Crippen molar-refractivity contribution in [2.45, 2.75) is 19.9 Å². The second-order valence-electron chi connectivity index (χ2n) is 5.07. The minimum Gasteiger partial charge on any atom is -0.466 e. The van der Waals surface area contributed by atoms with Gasteiger partial charge in [-0.1, -0.05) is 12.1 Å². The first-order valence-electron chi connectivity index (χ1n) is 7.63. The highest BCUT2D eigenvalue weighted by Crippen LogP contribution is 2.22. The predicted octanol–water partition coefficient (Wildman–Crippen LogP) is 0.00650. The van der Waals surface area contributed by atoms with E-state index in [2.05, 4.69) is 15.4 Å². The summed E-state index contributed by atoms with van der Waals surface area (Å²) in [6.07, 6.45) is -0.0763. The zero-order chi connectivity index (χ0) is 17.8. The highest BCUT2D eigenvalue weighted by molar-refractivity contribution is 6.20. The van der Waals surface area contributed by atoms with Crippen molar-refractivity contribution in [3.63, 3.8) is 0 Å². The summed E-state index contributed by atoms with van der Waals surface area (Å²) >= 11 is 0. The average molecular weight is 345 g/mol. The van der Waals surface area contributed by atoms with Crippen LogP contribution in [0.4, 0.5) is 0 Å². The van der Waals surface area contributed by atoms with Crippen LogP contribution in [0.1, 0.15) is 33.5 Å². The number of nitrogens with zero attached hydrogens (tertiary/aromatic N) is 5. The highest BCUT2D eigenvalue weighted by Gasteiger charge is 2.36. The monoisotopic (exact) mass is 345 g/mol. The van der Waals surface area contributed by atoms with Crippen LogP contribution in [0.15, 0.2) is 24.3 Å². The van der Waals surface area contributed by atoms with Gasteiger partial charge in [0.15, 0.2) is 5.82 Å². The second kappa shape index (κ2) is 7.18. The first kappa shape index (κ1) is 16.7. The molecular formula is C15H15N5O5. The molecule has 10 heteroatoms. The molecule has 0 saturated heterocycles. The molecule has 1 aromatic carbocycles. The van der Waals surface area contributed by atoms with Gasteiger partial charge in [0.1, 0.15) is 6.42 Å². The normalized spacial score (nSPS) is 13.2. The molecule has 0 fully saturated rings. The summed E-state index contributed by atoms with van der Waals surface area (Å²) in [5.41, 5.74) is 0.617. The number of esters is 1. The van der Waals surface area contributed by atoms with Crippen LogP contribution in [0.2, 0.25) is 0 Å². The number of hydrogen-bond acceptors (Lipinski definition) is 8. The largest absolute Gasteiger partial charge is 0.466 e. The Kier molecular flexibility index (Phi) is 4.80. The number of carbonyl (C=O) groups excluding carboxylic acids is 3. The topological polar surface area (TPSA) is 117 Å². The number of carbonyl (C=O) groups is 3. The standard InChI is InChI=1S/C15H15N5O5/c1-2-24-13(21)9-12-16-18-19(17-12)7-8-25-20-14(22)10-5-3-4-6-11(10)15(20)23/h3-6H,2,7-9H2,1H3. The maximum Gasteiger partial charge on any atom is 0.313 e. The number of hydroxylamine groups is 2. The number of imide groups is 1. The number of benzene rings is 1. The molecule has 0 unspecified atom stereocenters. The Morgan fingerprint density at radius 2 is 1.84 bits per heavy atom. The Morgan fingerprint density at radius 1 is 1.16 bits per heavy atom. The maximum atomic E-state index is 12.1. The van der Waals surface area contributed by atoms with Gasteiger partial charge in [0.25, 0.3) is 11.8 Å². The van der Waals surface area contributed by atoms with Gasteiger partial charge in [-0.15, -0.1) is 15.3 Å². The Labute approximate surface area is 142 Å². The molecule has 2 aromatic rings. The fourth-order valence-corrected chi connectivity index (χ4v) is 2.28. The van der Waals surface area contributed by atoms with E-state index in [-0.39, 0.29) is 32.0 Å². The van der Waals surface area contributed by atoms with Crippen molar-refractivity contribution in [1.82, 2.24) is 25.3 Å². The molecular weight excluding hydrogens is 330 g/mol. The van der Waals surface area contributed by atoms with Crippen molar-refractivity contribution in [2.24, 2.45) is 0 Å². The van der Waals surface area contributed by atoms with Gasteiger partial charge in [0.05, 0.1) is 30.9 Å². The molecule has 2 heterocycles. The van der Waals surface area contributed by atoms with Crippen LogP contribution in [0.25, 0.3) is 0 Å². The van der Waals surface area contributed by atoms with Gasteiger partial charge in [-0.3, -0.25) is 19.2 Å². The van der Waals surface area contributed by atoms with Crippen molar-refractivity contribution in [1.29, 1.82) is 0 Å². The number of tetrazole rings is 1. The van der Waals surface area contributed by atoms with E-state index in [9.17, 15) is 14.4 Å². The zero-order valence-corrected chi connectivity index (χ0v) is 13.4. The number of ether oxygens (including phenoxy) is 1. The quantitative estimate of drug-likeness (QED) is 0.509. The minimum absolute atomic E-state index is 0.0132. The van der Waals surface area contributed by atoms with Gasteiger partial charge < -0.3 is 4.74 Å². The lowest BCUT2D eigenvalue weighted by atomic mass is 10.1. The van der Waals surface area contributed by atoms with E-state index in [0.717, 1.165) is 5.06 Å². The third-order valence-corrected chi connectivity index (χ3v) is 3.37. The summed E-state index contributed by atoms with van der Waals surface area (Å²) in [6, 6.07) is 6.50. The number of rotatable bonds is 7. The summed E-state index contributed by atoms with van der Waals surface area (Å²) in [7, 11) is 0. The molecule has 10 nitrogen and oxygen atoms in total. The molecule has 1 aromatic heterocycles. The molecule has 0 atom stereocenters. The van der Waals surface area contributed by atoms with Crippen LogP contribution in [0.3, 0.4) is 0 Å². The number of aromatic nitrogens is 4. The molecule has 1 aliphatic heterocycles. The van der Waals surface area contributed by atoms with Crippen molar-refractivity contribution in [3.8, 4) is 0 Å². The van der Waals surface area contributed by atoms with Crippen molar-refractivity contribution in [2.75, 3.05) is 13.2 Å². The molecule has 0 aliphatic carbocycles. The third kappa shape index (κ3) is 3.53. The highest BCUT2D eigenvalue weighted by atomic mass is 16.7. The van der Waals surface area contributed by atoms with Gasteiger partial charge in [0.2, 0.25) is 0 Å². The smallest absolute Gasteiger partial charge is 0.313 e. The summed E-state index contributed by atoms with van der Waals surface area (Å²) in [6.45, 7) is 2.13. The minimum atomic E-state index is -0.504. The van der Waals surface area contributed by atoms with Crippen molar-refractivity contribution < 1.29 is 24.0 Å². The van der Waals surface area contributed by atoms with Crippen LogP contribution in [0, 0.1) is 0 Å². The lowest BCUT2D eigenvalue weighted by molar-refractivity contribution is -0.142. The molecule has 0 saturated carbocycles. The number of amides is 2. The van der Waals surface area contributed by atoms with Gasteiger partial charge in [-0.2, -0.15) is 4.80 Å². The van der Waals surface area contributed by atoms with Gasteiger partial charge in [-0.25, -0.2) is 0 Å². The number of hydrogen-bond donors (Lipinski definition) is 0. The summed E-state index contributed by atoms with van der Waals surface area (Å²) in [4.78, 5) is 42.0. The van der Waals surface area contributed by atoms with E-state index in [1.807, 2.05) is 0 Å². The summed E-state index contributed by atoms with van der Waals surface area (Å²) in [5.74, 6) is -1.23. The van der Waals surface area contributed by atoms with E-state index in [4.69, 9.17) is 9.57 Å². The Hall–Kier alpha value is -3.14. The number of fused-ring (bicyclic) bond motifs is 1. The molecule has 130 valence electrons. The van der Waals surface area contributed by atoms with Crippen molar-refractivity contribution >= 4 is 17.8 Å². The molecule has 1 aliphatic rings. The van der Waals surface area contributed by atoms with Gasteiger partial charge in [-0.05, 0) is 24.3 Å². The molecule has 2 amide bonds. The van der Waals surface area contributed by atoms with Crippen LogP contribution >= 0.6 is 0 Å². The first-order valence-corrected chi connectivity index (χ1v) is 7.63. The molecule has 0 N–H and O–H groups in total. The SMILES string of the molecule is CCOC(=O)Cc1nnn(CCON2C(=O)c3ccccc3C2=O)n1. The lowest BCUT2D eigenvalue weighted by Gasteiger charge is -2.12. The maximum absolute atomic E-state index is 12.1. The first-order chi connectivity index (χ1) is 12.1. The Balaban J connectivity index is 1.52. The fourth-order valence-electron chi connectivity index (χ4n) is 2.28. The fraction of sp³-hybridized carbons (Fsp3) is 0.333. The lowest BCUT2D eigenvalue weighted by Crippen LogP contribution is -2.31. The molecule has 0 spiro atoms. The molecule has 3 rings (SSSR count). The van der Waals surface area contributed by atoms with Crippen LogP contribution in [0.5, 0.6) is 0 Å². The third-order valence-electron chi connectivity index (χ3n) is 3.37. The molecule has 0 bridgehead atoms. The van der Waals surface area contributed by atoms with Gasteiger partial charge >= 0.3 is 5.97 Å². The van der Waals surface area contributed by atoms with E-state index < -0.39 is 17.8 Å². The molecule has 0 radical (unpaired) electrons. The summed E-state index contributed by atoms with van der Waals surface area (Å²) < 4.78 is 4.80. The Bertz CT molecular complexity index is 783. The van der Waals surface area contributed by atoms with E-state index in [1.165, 1.54) is 4.80 Å². The van der Waals surface area contributed by atoms with Crippen LogP contribution in [-0.4, -0.2) is 56.3 Å². The van der Waals surface area contributed by atoms with Crippen molar-refractivity contribution in [3.05, 3.63) is 41.2 Å².